The first-order valence-electron chi connectivity index (χ1n) is 7.47. The van der Waals surface area contributed by atoms with Crippen molar-refractivity contribution >= 4 is 11.9 Å². The molecule has 0 aliphatic rings. The molecule has 0 saturated heterocycles. The highest BCUT2D eigenvalue weighted by Gasteiger charge is 2.11. The Labute approximate surface area is 132 Å². The zero-order valence-electron chi connectivity index (χ0n) is 13.8. The molecule has 0 saturated carbocycles. The Morgan fingerprint density at radius 1 is 1.18 bits per heavy atom. The van der Waals surface area contributed by atoms with Crippen molar-refractivity contribution in [1.29, 1.82) is 0 Å². The van der Waals surface area contributed by atoms with Crippen LogP contribution < -0.4 is 16.0 Å². The summed E-state index contributed by atoms with van der Waals surface area (Å²) < 4.78 is 0. The number of nitrogens with zero attached hydrogens (tertiary/aromatic N) is 1. The number of hydrogen-bond acceptors (Lipinski definition) is 3. The molecule has 0 heterocycles. The summed E-state index contributed by atoms with van der Waals surface area (Å²) in [5.74, 6) is -0.00712. The molecule has 0 spiro atoms. The Bertz CT molecular complexity index is 485. The number of urea groups is 1. The molecule has 0 aliphatic carbocycles. The molecule has 0 aliphatic heterocycles. The third-order valence-corrected chi connectivity index (χ3v) is 3.12. The summed E-state index contributed by atoms with van der Waals surface area (Å²) in [7, 11) is 3.64. The fourth-order valence-corrected chi connectivity index (χ4v) is 1.86. The lowest BCUT2D eigenvalue weighted by Crippen LogP contribution is -2.39. The van der Waals surface area contributed by atoms with E-state index in [1.807, 2.05) is 33.0 Å². The predicted octanol–water partition coefficient (Wildman–Crippen LogP) is 1.19. The average Bonchev–Trinajstić information content (AvgIpc) is 2.49. The average molecular weight is 306 g/mol. The highest BCUT2D eigenvalue weighted by Crippen LogP contribution is 2.07. The molecule has 1 aromatic carbocycles. The summed E-state index contributed by atoms with van der Waals surface area (Å²) in [6.45, 7) is 5.67. The van der Waals surface area contributed by atoms with E-state index in [1.165, 1.54) is 0 Å². The molecular weight excluding hydrogens is 280 g/mol. The van der Waals surface area contributed by atoms with Gasteiger partial charge in [-0.1, -0.05) is 12.1 Å². The van der Waals surface area contributed by atoms with Gasteiger partial charge >= 0.3 is 6.03 Å². The van der Waals surface area contributed by atoms with Crippen LogP contribution in [0.15, 0.2) is 24.3 Å². The van der Waals surface area contributed by atoms with Crippen LogP contribution in [0.25, 0.3) is 0 Å². The Kier molecular flexibility index (Phi) is 7.39. The van der Waals surface area contributed by atoms with Crippen molar-refractivity contribution in [2.75, 3.05) is 27.2 Å². The van der Waals surface area contributed by atoms with Gasteiger partial charge in [-0.3, -0.25) is 4.79 Å². The van der Waals surface area contributed by atoms with Gasteiger partial charge < -0.3 is 20.9 Å². The molecule has 0 radical (unpaired) electrons. The zero-order valence-corrected chi connectivity index (χ0v) is 13.8. The quantitative estimate of drug-likeness (QED) is 0.708. The van der Waals surface area contributed by atoms with Crippen molar-refractivity contribution in [2.24, 2.45) is 0 Å². The third kappa shape index (κ3) is 6.13. The minimum absolute atomic E-state index is 0.00712. The fourth-order valence-electron chi connectivity index (χ4n) is 1.86. The predicted molar refractivity (Wildman–Crippen MR) is 87.8 cm³/mol. The van der Waals surface area contributed by atoms with Crippen LogP contribution in [0.5, 0.6) is 0 Å². The second kappa shape index (κ2) is 9.04. The minimum Gasteiger partial charge on any atom is -0.340 e. The summed E-state index contributed by atoms with van der Waals surface area (Å²) in [4.78, 5) is 25.4. The van der Waals surface area contributed by atoms with Crippen LogP contribution in [-0.2, 0) is 6.54 Å². The van der Waals surface area contributed by atoms with Gasteiger partial charge in [0.15, 0.2) is 0 Å². The molecule has 6 heteroatoms. The first kappa shape index (κ1) is 18.0. The zero-order chi connectivity index (χ0) is 16.5. The highest BCUT2D eigenvalue weighted by atomic mass is 16.2. The lowest BCUT2D eigenvalue weighted by atomic mass is 10.1. The lowest BCUT2D eigenvalue weighted by molar-refractivity contribution is 0.0797. The van der Waals surface area contributed by atoms with Crippen LogP contribution >= 0.6 is 0 Å². The molecule has 3 amide bonds. The van der Waals surface area contributed by atoms with E-state index in [9.17, 15) is 9.59 Å². The van der Waals surface area contributed by atoms with Crippen LogP contribution in [0.4, 0.5) is 4.79 Å². The van der Waals surface area contributed by atoms with Crippen LogP contribution in [0, 0.1) is 0 Å². The van der Waals surface area contributed by atoms with Crippen molar-refractivity contribution in [1.82, 2.24) is 20.9 Å². The molecule has 0 unspecified atom stereocenters. The number of carbonyl (C=O) groups excluding carboxylic acids is 2. The third-order valence-electron chi connectivity index (χ3n) is 3.12. The van der Waals surface area contributed by atoms with Gasteiger partial charge in [0.25, 0.3) is 5.91 Å². The van der Waals surface area contributed by atoms with E-state index in [1.54, 1.807) is 24.1 Å². The molecular formula is C16H26N4O2. The number of hydrogen-bond donors (Lipinski definition) is 3. The van der Waals surface area contributed by atoms with E-state index >= 15 is 0 Å². The van der Waals surface area contributed by atoms with Gasteiger partial charge in [0.05, 0.1) is 0 Å². The van der Waals surface area contributed by atoms with Gasteiger partial charge in [-0.15, -0.1) is 0 Å². The van der Waals surface area contributed by atoms with Gasteiger partial charge in [0.2, 0.25) is 0 Å². The molecule has 0 bridgehead atoms. The summed E-state index contributed by atoms with van der Waals surface area (Å²) in [5.41, 5.74) is 1.60. The van der Waals surface area contributed by atoms with E-state index in [2.05, 4.69) is 16.0 Å². The van der Waals surface area contributed by atoms with Crippen LogP contribution in [0.3, 0.4) is 0 Å². The molecule has 122 valence electrons. The minimum atomic E-state index is -0.193. The smallest absolute Gasteiger partial charge is 0.315 e. The summed E-state index contributed by atoms with van der Waals surface area (Å²) in [6.07, 6.45) is 0. The van der Waals surface area contributed by atoms with E-state index in [0.717, 1.165) is 12.1 Å². The highest BCUT2D eigenvalue weighted by molar-refractivity contribution is 5.94. The Morgan fingerprint density at radius 2 is 1.82 bits per heavy atom. The second-order valence-electron chi connectivity index (χ2n) is 5.51. The SMILES string of the molecule is CNCCN(C)C(=O)c1ccc(CNC(=O)NC(C)C)cc1. The summed E-state index contributed by atoms with van der Waals surface area (Å²) in [6, 6.07) is 7.20. The van der Waals surface area contributed by atoms with Crippen LogP contribution in [0.1, 0.15) is 29.8 Å². The molecule has 1 aromatic rings. The van der Waals surface area contributed by atoms with Crippen molar-refractivity contribution in [3.05, 3.63) is 35.4 Å². The molecule has 0 fully saturated rings. The molecule has 1 rings (SSSR count). The molecule has 22 heavy (non-hydrogen) atoms. The monoisotopic (exact) mass is 306 g/mol. The number of likely N-dealkylation sites (N-methyl/N-ethyl adjacent to an activating group) is 2. The van der Waals surface area contributed by atoms with Gasteiger partial charge in [-0.05, 0) is 38.6 Å². The maximum Gasteiger partial charge on any atom is 0.315 e. The number of nitrogens with one attached hydrogen (secondary N) is 3. The molecule has 6 nitrogen and oxygen atoms in total. The number of carbonyl (C=O) groups is 2. The number of rotatable bonds is 7. The van der Waals surface area contributed by atoms with Crippen molar-refractivity contribution in [3.63, 3.8) is 0 Å². The fraction of sp³-hybridized carbons (Fsp3) is 0.500. The van der Waals surface area contributed by atoms with Gasteiger partial charge in [0, 0.05) is 38.3 Å². The second-order valence-corrected chi connectivity index (χ2v) is 5.51. The maximum absolute atomic E-state index is 12.2. The first-order chi connectivity index (χ1) is 10.4. The van der Waals surface area contributed by atoms with E-state index in [4.69, 9.17) is 0 Å². The topological polar surface area (TPSA) is 73.5 Å². The number of benzene rings is 1. The Balaban J connectivity index is 2.52. The first-order valence-corrected chi connectivity index (χ1v) is 7.47. The van der Waals surface area contributed by atoms with Gasteiger partial charge in [-0.25, -0.2) is 4.79 Å². The van der Waals surface area contributed by atoms with Gasteiger partial charge in [-0.2, -0.15) is 0 Å². The summed E-state index contributed by atoms with van der Waals surface area (Å²) in [5, 5.41) is 8.55. The Morgan fingerprint density at radius 3 is 2.36 bits per heavy atom. The van der Waals surface area contributed by atoms with Gasteiger partial charge in [0.1, 0.15) is 0 Å². The normalized spacial score (nSPS) is 10.4. The number of amides is 3. The van der Waals surface area contributed by atoms with Crippen LogP contribution in [0.2, 0.25) is 0 Å². The van der Waals surface area contributed by atoms with Crippen molar-refractivity contribution in [3.8, 4) is 0 Å². The molecule has 3 N–H and O–H groups in total. The Hall–Kier alpha value is -2.08. The molecule has 0 aromatic heterocycles. The van der Waals surface area contributed by atoms with E-state index in [0.29, 0.717) is 18.7 Å². The maximum atomic E-state index is 12.2. The van der Waals surface area contributed by atoms with E-state index in [-0.39, 0.29) is 18.0 Å². The van der Waals surface area contributed by atoms with Crippen molar-refractivity contribution in [2.45, 2.75) is 26.4 Å². The molecule has 0 atom stereocenters. The van der Waals surface area contributed by atoms with E-state index < -0.39 is 0 Å². The lowest BCUT2D eigenvalue weighted by Gasteiger charge is -2.17. The summed E-state index contributed by atoms with van der Waals surface area (Å²) >= 11 is 0. The van der Waals surface area contributed by atoms with Crippen molar-refractivity contribution < 1.29 is 9.59 Å². The standard InChI is InChI=1S/C16H26N4O2/c1-12(2)19-16(22)18-11-13-5-7-14(8-6-13)15(21)20(4)10-9-17-3/h5-8,12,17H,9-11H2,1-4H3,(H2,18,19,22). The largest absolute Gasteiger partial charge is 0.340 e. The van der Waals surface area contributed by atoms with Crippen LogP contribution in [-0.4, -0.2) is 50.1 Å².